The van der Waals surface area contributed by atoms with Gasteiger partial charge in [0.15, 0.2) is 11.5 Å². The van der Waals surface area contributed by atoms with Crippen molar-refractivity contribution in [3.8, 4) is 23.0 Å². The molecular weight excluding hydrogens is 268 g/mol. The number of ether oxygens (including phenoxy) is 3. The largest absolute Gasteiger partial charge is 0.497 e. The van der Waals surface area contributed by atoms with E-state index in [-0.39, 0.29) is 5.84 Å². The highest BCUT2D eigenvalue weighted by Crippen LogP contribution is 2.35. The van der Waals surface area contributed by atoms with Crippen LogP contribution in [0, 0.1) is 12.3 Å². The number of benzene rings is 2. The SMILES string of the molecule is COc1ccc(C(=N)N)c(Oc2ccc(C)cc2OC)c1. The summed E-state index contributed by atoms with van der Waals surface area (Å²) in [6.45, 7) is 1.97. The smallest absolute Gasteiger partial charge is 0.169 e. The predicted octanol–water partition coefficient (Wildman–Crippen LogP) is 3.09. The summed E-state index contributed by atoms with van der Waals surface area (Å²) >= 11 is 0. The third kappa shape index (κ3) is 3.25. The summed E-state index contributed by atoms with van der Waals surface area (Å²) in [5, 5.41) is 7.63. The summed E-state index contributed by atoms with van der Waals surface area (Å²) in [4.78, 5) is 0. The van der Waals surface area contributed by atoms with E-state index < -0.39 is 0 Å². The second-order valence-corrected chi connectivity index (χ2v) is 4.53. The first kappa shape index (κ1) is 14.7. The second-order valence-electron chi connectivity index (χ2n) is 4.53. The predicted molar refractivity (Wildman–Crippen MR) is 81.8 cm³/mol. The van der Waals surface area contributed by atoms with Crippen molar-refractivity contribution in [2.75, 3.05) is 14.2 Å². The summed E-state index contributed by atoms with van der Waals surface area (Å²) in [7, 11) is 3.15. The Morgan fingerprint density at radius 1 is 0.952 bits per heavy atom. The van der Waals surface area contributed by atoms with Gasteiger partial charge in [-0.05, 0) is 36.8 Å². The van der Waals surface area contributed by atoms with Gasteiger partial charge in [0.1, 0.15) is 17.3 Å². The van der Waals surface area contributed by atoms with Crippen LogP contribution >= 0.6 is 0 Å². The highest BCUT2D eigenvalue weighted by atomic mass is 16.5. The minimum atomic E-state index is -0.0706. The van der Waals surface area contributed by atoms with Gasteiger partial charge in [0.2, 0.25) is 0 Å². The molecule has 0 spiro atoms. The lowest BCUT2D eigenvalue weighted by molar-refractivity contribution is 0.375. The molecule has 110 valence electrons. The van der Waals surface area contributed by atoms with Crippen LogP contribution < -0.4 is 19.9 Å². The van der Waals surface area contributed by atoms with E-state index >= 15 is 0 Å². The molecule has 0 aliphatic carbocycles. The quantitative estimate of drug-likeness (QED) is 0.654. The number of hydrogen-bond donors (Lipinski definition) is 2. The Hall–Kier alpha value is -2.69. The molecule has 0 unspecified atom stereocenters. The third-order valence-electron chi connectivity index (χ3n) is 3.02. The zero-order valence-corrected chi connectivity index (χ0v) is 12.3. The van der Waals surface area contributed by atoms with Gasteiger partial charge >= 0.3 is 0 Å². The summed E-state index contributed by atoms with van der Waals surface area (Å²) in [5.41, 5.74) is 7.15. The molecule has 2 rings (SSSR count). The van der Waals surface area contributed by atoms with Crippen LogP contribution in [0.4, 0.5) is 0 Å². The summed E-state index contributed by atoms with van der Waals surface area (Å²) in [6, 6.07) is 10.7. The molecule has 2 aromatic carbocycles. The Bertz CT molecular complexity index is 669. The van der Waals surface area contributed by atoms with Crippen LogP contribution in [0.15, 0.2) is 36.4 Å². The zero-order valence-electron chi connectivity index (χ0n) is 12.3. The van der Waals surface area contributed by atoms with Crippen LogP contribution in [0.1, 0.15) is 11.1 Å². The molecule has 0 aliphatic heterocycles. The van der Waals surface area contributed by atoms with Crippen LogP contribution in [0.25, 0.3) is 0 Å². The van der Waals surface area contributed by atoms with E-state index in [4.69, 9.17) is 25.4 Å². The van der Waals surface area contributed by atoms with Crippen molar-refractivity contribution in [2.24, 2.45) is 5.73 Å². The number of aryl methyl sites for hydroxylation is 1. The number of methoxy groups -OCH3 is 2. The van der Waals surface area contributed by atoms with Crippen LogP contribution in [-0.4, -0.2) is 20.1 Å². The van der Waals surface area contributed by atoms with E-state index in [0.29, 0.717) is 28.6 Å². The minimum Gasteiger partial charge on any atom is -0.497 e. The highest BCUT2D eigenvalue weighted by Gasteiger charge is 2.12. The number of nitrogens with two attached hydrogens (primary N) is 1. The molecule has 0 saturated heterocycles. The van der Waals surface area contributed by atoms with Gasteiger partial charge in [-0.25, -0.2) is 0 Å². The van der Waals surface area contributed by atoms with Crippen LogP contribution in [-0.2, 0) is 0 Å². The Balaban J connectivity index is 2.45. The number of nitrogens with one attached hydrogen (secondary N) is 1. The first-order valence-corrected chi connectivity index (χ1v) is 6.40. The molecule has 0 saturated carbocycles. The summed E-state index contributed by atoms with van der Waals surface area (Å²) < 4.78 is 16.4. The first-order valence-electron chi connectivity index (χ1n) is 6.40. The maximum atomic E-state index is 7.63. The summed E-state index contributed by atoms with van der Waals surface area (Å²) in [5.74, 6) is 2.18. The van der Waals surface area contributed by atoms with E-state index in [1.807, 2.05) is 25.1 Å². The average Bonchev–Trinajstić information content (AvgIpc) is 2.48. The molecule has 0 atom stereocenters. The second kappa shape index (κ2) is 6.17. The maximum absolute atomic E-state index is 7.63. The summed E-state index contributed by atoms with van der Waals surface area (Å²) in [6.07, 6.45) is 0. The molecule has 0 heterocycles. The van der Waals surface area contributed by atoms with Gasteiger partial charge in [-0.2, -0.15) is 0 Å². The molecule has 5 heteroatoms. The Labute approximate surface area is 123 Å². The van der Waals surface area contributed by atoms with Crippen molar-refractivity contribution in [2.45, 2.75) is 6.92 Å². The Kier molecular flexibility index (Phi) is 4.33. The molecule has 0 radical (unpaired) electrons. The number of amidine groups is 1. The van der Waals surface area contributed by atoms with E-state index in [2.05, 4.69) is 0 Å². The van der Waals surface area contributed by atoms with Crippen molar-refractivity contribution < 1.29 is 14.2 Å². The van der Waals surface area contributed by atoms with Gasteiger partial charge in [0, 0.05) is 6.07 Å². The lowest BCUT2D eigenvalue weighted by Crippen LogP contribution is -2.12. The highest BCUT2D eigenvalue weighted by molar-refractivity contribution is 5.98. The van der Waals surface area contributed by atoms with E-state index in [0.717, 1.165) is 5.56 Å². The van der Waals surface area contributed by atoms with Gasteiger partial charge in [-0.3, -0.25) is 5.41 Å². The van der Waals surface area contributed by atoms with E-state index in [9.17, 15) is 0 Å². The standard InChI is InChI=1S/C16H18N2O3/c1-10-4-7-13(15(8-10)20-3)21-14-9-11(19-2)5-6-12(14)16(17)18/h4-9H,1-3H3,(H3,17,18). The normalized spacial score (nSPS) is 10.0. The molecule has 3 N–H and O–H groups in total. The van der Waals surface area contributed by atoms with Crippen molar-refractivity contribution in [1.29, 1.82) is 5.41 Å². The molecule has 0 amide bonds. The Morgan fingerprint density at radius 2 is 1.71 bits per heavy atom. The molecule has 0 fully saturated rings. The van der Waals surface area contributed by atoms with Crippen LogP contribution in [0.5, 0.6) is 23.0 Å². The fourth-order valence-corrected chi connectivity index (χ4v) is 1.91. The van der Waals surface area contributed by atoms with Crippen LogP contribution in [0.2, 0.25) is 0 Å². The fraction of sp³-hybridized carbons (Fsp3) is 0.188. The van der Waals surface area contributed by atoms with Gasteiger partial charge in [0.05, 0.1) is 19.8 Å². The topological polar surface area (TPSA) is 77.6 Å². The molecule has 5 nitrogen and oxygen atoms in total. The minimum absolute atomic E-state index is 0.0706. The van der Waals surface area contributed by atoms with Crippen molar-refractivity contribution in [3.05, 3.63) is 47.5 Å². The third-order valence-corrected chi connectivity index (χ3v) is 3.02. The van der Waals surface area contributed by atoms with Gasteiger partial charge < -0.3 is 19.9 Å². The van der Waals surface area contributed by atoms with E-state index in [1.54, 1.807) is 32.4 Å². The van der Waals surface area contributed by atoms with E-state index in [1.165, 1.54) is 0 Å². The Morgan fingerprint density at radius 3 is 2.33 bits per heavy atom. The molecular formula is C16H18N2O3. The lowest BCUT2D eigenvalue weighted by atomic mass is 10.1. The van der Waals surface area contributed by atoms with Crippen molar-refractivity contribution >= 4 is 5.84 Å². The number of rotatable bonds is 5. The average molecular weight is 286 g/mol. The molecule has 2 aromatic rings. The number of hydrogen-bond acceptors (Lipinski definition) is 4. The fourth-order valence-electron chi connectivity index (χ4n) is 1.91. The molecule has 0 bridgehead atoms. The lowest BCUT2D eigenvalue weighted by Gasteiger charge is -2.14. The molecule has 21 heavy (non-hydrogen) atoms. The first-order chi connectivity index (χ1) is 10.0. The van der Waals surface area contributed by atoms with Gasteiger partial charge in [-0.15, -0.1) is 0 Å². The van der Waals surface area contributed by atoms with Crippen molar-refractivity contribution in [1.82, 2.24) is 0 Å². The van der Waals surface area contributed by atoms with Gasteiger partial charge in [0.25, 0.3) is 0 Å². The number of nitrogen functional groups attached to an aromatic ring is 1. The molecule has 0 aliphatic rings. The zero-order chi connectivity index (χ0) is 15.4. The monoisotopic (exact) mass is 286 g/mol. The molecule has 0 aromatic heterocycles. The maximum Gasteiger partial charge on any atom is 0.169 e. The van der Waals surface area contributed by atoms with Crippen molar-refractivity contribution in [3.63, 3.8) is 0 Å². The van der Waals surface area contributed by atoms with Crippen LogP contribution in [0.3, 0.4) is 0 Å². The van der Waals surface area contributed by atoms with Gasteiger partial charge in [-0.1, -0.05) is 6.07 Å².